The van der Waals surface area contributed by atoms with Gasteiger partial charge in [-0.25, -0.2) is 15.0 Å². The molecule has 1 saturated heterocycles. The quantitative estimate of drug-likeness (QED) is 0.846. The van der Waals surface area contributed by atoms with Crippen molar-refractivity contribution in [2.24, 2.45) is 5.92 Å². The van der Waals surface area contributed by atoms with Gasteiger partial charge >= 0.3 is 0 Å². The molecule has 2 aromatic heterocycles. The maximum atomic E-state index is 12.3. The number of rotatable bonds is 3. The van der Waals surface area contributed by atoms with E-state index in [0.29, 0.717) is 31.1 Å². The molecule has 0 unspecified atom stereocenters. The fourth-order valence-electron chi connectivity index (χ4n) is 2.95. The number of amides is 1. The van der Waals surface area contributed by atoms with Crippen molar-refractivity contribution in [2.45, 2.75) is 33.2 Å². The second-order valence-corrected chi connectivity index (χ2v) is 6.22. The number of hydrogen-bond donors (Lipinski definition) is 0. The zero-order valence-electron chi connectivity index (χ0n) is 14.0. The normalized spacial score (nSPS) is 15.5. The van der Waals surface area contributed by atoms with Crippen LogP contribution in [0, 0.1) is 19.8 Å². The van der Waals surface area contributed by atoms with Crippen LogP contribution in [0.3, 0.4) is 0 Å². The van der Waals surface area contributed by atoms with E-state index in [1.807, 2.05) is 13.8 Å². The van der Waals surface area contributed by atoms with E-state index in [0.717, 1.165) is 18.5 Å². The minimum atomic E-state index is -0.126. The van der Waals surface area contributed by atoms with Gasteiger partial charge in [0, 0.05) is 43.3 Å². The average molecular weight is 327 g/mol. The molecule has 0 saturated carbocycles. The number of hydrogen-bond acceptors (Lipinski definition) is 5. The molecular formula is C17H21N5O2. The lowest BCUT2D eigenvalue weighted by Crippen LogP contribution is -2.40. The van der Waals surface area contributed by atoms with Crippen LogP contribution >= 0.6 is 0 Å². The number of carbonyl (C=O) groups is 1. The van der Waals surface area contributed by atoms with Crippen LogP contribution in [0.25, 0.3) is 0 Å². The maximum Gasteiger partial charge on any atom is 0.291 e. The Bertz CT molecular complexity index is 779. The molecule has 1 aliphatic heterocycles. The number of carbonyl (C=O) groups excluding carboxylic acids is 1. The Morgan fingerprint density at radius 3 is 2.50 bits per heavy atom. The highest BCUT2D eigenvalue weighted by atomic mass is 16.2. The van der Waals surface area contributed by atoms with Crippen LogP contribution in [0.4, 0.5) is 0 Å². The Hall–Kier alpha value is -2.57. The molecule has 0 radical (unpaired) electrons. The third-order valence-corrected chi connectivity index (χ3v) is 4.63. The molecule has 2 aromatic rings. The molecule has 0 aliphatic carbocycles. The molecule has 7 heteroatoms. The van der Waals surface area contributed by atoms with Gasteiger partial charge in [0.2, 0.25) is 5.82 Å². The second kappa shape index (κ2) is 6.90. The van der Waals surface area contributed by atoms with Crippen LogP contribution in [0.2, 0.25) is 0 Å². The lowest BCUT2D eigenvalue weighted by atomic mass is 9.96. The highest BCUT2D eigenvalue weighted by Crippen LogP contribution is 2.19. The Balaban J connectivity index is 1.61. The molecule has 1 amide bonds. The van der Waals surface area contributed by atoms with Crippen LogP contribution in [-0.4, -0.2) is 43.4 Å². The standard InChI is InChI=1S/C17H21N5O2/c1-12-13(2)20-11-22(16(12)23)10-14-4-8-21(9-5-14)17(24)15-18-6-3-7-19-15/h3,6-7,11,14H,4-5,8-10H2,1-2H3. The third-order valence-electron chi connectivity index (χ3n) is 4.63. The first-order valence-corrected chi connectivity index (χ1v) is 8.15. The summed E-state index contributed by atoms with van der Waals surface area (Å²) >= 11 is 0. The molecule has 3 heterocycles. The van der Waals surface area contributed by atoms with Gasteiger partial charge in [-0.3, -0.25) is 14.2 Å². The van der Waals surface area contributed by atoms with Gasteiger partial charge in [0.25, 0.3) is 11.5 Å². The van der Waals surface area contributed by atoms with E-state index in [1.54, 1.807) is 34.3 Å². The zero-order valence-corrected chi connectivity index (χ0v) is 14.0. The zero-order chi connectivity index (χ0) is 17.1. The predicted molar refractivity (Wildman–Crippen MR) is 88.6 cm³/mol. The van der Waals surface area contributed by atoms with E-state index >= 15 is 0 Å². The predicted octanol–water partition coefficient (Wildman–Crippen LogP) is 1.20. The largest absolute Gasteiger partial charge is 0.336 e. The van der Waals surface area contributed by atoms with Crippen LogP contribution in [0.5, 0.6) is 0 Å². The molecule has 126 valence electrons. The van der Waals surface area contributed by atoms with Crippen LogP contribution in [0.1, 0.15) is 34.7 Å². The summed E-state index contributed by atoms with van der Waals surface area (Å²) in [5.41, 5.74) is 1.50. The van der Waals surface area contributed by atoms with Crippen molar-refractivity contribution in [1.29, 1.82) is 0 Å². The molecular weight excluding hydrogens is 306 g/mol. The minimum Gasteiger partial charge on any atom is -0.336 e. The van der Waals surface area contributed by atoms with Gasteiger partial charge in [-0.1, -0.05) is 0 Å². The summed E-state index contributed by atoms with van der Waals surface area (Å²) < 4.78 is 1.69. The molecule has 24 heavy (non-hydrogen) atoms. The Kier molecular flexibility index (Phi) is 4.69. The molecule has 7 nitrogen and oxygen atoms in total. The highest BCUT2D eigenvalue weighted by molar-refractivity contribution is 5.90. The van der Waals surface area contributed by atoms with E-state index in [2.05, 4.69) is 15.0 Å². The first-order valence-electron chi connectivity index (χ1n) is 8.15. The highest BCUT2D eigenvalue weighted by Gasteiger charge is 2.25. The molecule has 0 aromatic carbocycles. The maximum absolute atomic E-state index is 12.3. The molecule has 0 N–H and O–H groups in total. The first kappa shape index (κ1) is 16.3. The van der Waals surface area contributed by atoms with Crippen LogP contribution in [-0.2, 0) is 6.54 Å². The molecule has 3 rings (SSSR count). The van der Waals surface area contributed by atoms with E-state index in [9.17, 15) is 9.59 Å². The van der Waals surface area contributed by atoms with E-state index in [4.69, 9.17) is 0 Å². The molecule has 1 aliphatic rings. The number of likely N-dealkylation sites (tertiary alicyclic amines) is 1. The van der Waals surface area contributed by atoms with Gasteiger partial charge in [0.15, 0.2) is 0 Å². The number of aryl methyl sites for hydroxylation is 1. The molecule has 0 spiro atoms. The van der Waals surface area contributed by atoms with Crippen molar-refractivity contribution in [3.8, 4) is 0 Å². The second-order valence-electron chi connectivity index (χ2n) is 6.22. The average Bonchev–Trinajstić information content (AvgIpc) is 2.63. The van der Waals surface area contributed by atoms with Gasteiger partial charge in [-0.15, -0.1) is 0 Å². The van der Waals surface area contributed by atoms with Crippen molar-refractivity contribution in [1.82, 2.24) is 24.4 Å². The SMILES string of the molecule is Cc1ncn(CC2CCN(C(=O)c3ncccn3)CC2)c(=O)c1C. The number of aromatic nitrogens is 4. The molecule has 0 atom stereocenters. The van der Waals surface area contributed by atoms with Gasteiger partial charge < -0.3 is 4.90 Å². The van der Waals surface area contributed by atoms with E-state index in [1.165, 1.54) is 0 Å². The van der Waals surface area contributed by atoms with Crippen LogP contribution in [0.15, 0.2) is 29.6 Å². The summed E-state index contributed by atoms with van der Waals surface area (Å²) in [5.74, 6) is 0.483. The Morgan fingerprint density at radius 2 is 1.83 bits per heavy atom. The summed E-state index contributed by atoms with van der Waals surface area (Å²) in [5, 5.41) is 0. The summed E-state index contributed by atoms with van der Waals surface area (Å²) in [7, 11) is 0. The monoisotopic (exact) mass is 327 g/mol. The van der Waals surface area contributed by atoms with Crippen molar-refractivity contribution >= 4 is 5.91 Å². The van der Waals surface area contributed by atoms with Crippen molar-refractivity contribution < 1.29 is 4.79 Å². The molecule has 1 fully saturated rings. The minimum absolute atomic E-state index is 0.0266. The van der Waals surface area contributed by atoms with Crippen LogP contribution < -0.4 is 5.56 Å². The first-order chi connectivity index (χ1) is 11.6. The lowest BCUT2D eigenvalue weighted by Gasteiger charge is -2.31. The van der Waals surface area contributed by atoms with E-state index < -0.39 is 0 Å². The van der Waals surface area contributed by atoms with Gasteiger partial charge in [0.05, 0.1) is 6.33 Å². The van der Waals surface area contributed by atoms with Gasteiger partial charge in [-0.2, -0.15) is 0 Å². The topological polar surface area (TPSA) is 81.0 Å². The third kappa shape index (κ3) is 3.34. The summed E-state index contributed by atoms with van der Waals surface area (Å²) in [4.78, 5) is 38.7. The Labute approximate surface area is 140 Å². The fraction of sp³-hybridized carbons (Fsp3) is 0.471. The smallest absolute Gasteiger partial charge is 0.291 e. The van der Waals surface area contributed by atoms with Crippen molar-refractivity contribution in [3.05, 3.63) is 52.2 Å². The number of nitrogens with zero attached hydrogens (tertiary/aromatic N) is 5. The summed E-state index contributed by atoms with van der Waals surface area (Å²) in [6.45, 7) is 5.62. The van der Waals surface area contributed by atoms with Gasteiger partial charge in [-0.05, 0) is 38.7 Å². The van der Waals surface area contributed by atoms with Crippen molar-refractivity contribution in [2.75, 3.05) is 13.1 Å². The lowest BCUT2D eigenvalue weighted by molar-refractivity contribution is 0.0669. The summed E-state index contributed by atoms with van der Waals surface area (Å²) in [6.07, 6.45) is 6.49. The summed E-state index contributed by atoms with van der Waals surface area (Å²) in [6, 6.07) is 1.69. The van der Waals surface area contributed by atoms with Gasteiger partial charge in [0.1, 0.15) is 0 Å². The number of piperidine rings is 1. The molecule has 0 bridgehead atoms. The van der Waals surface area contributed by atoms with E-state index in [-0.39, 0.29) is 17.3 Å². The Morgan fingerprint density at radius 1 is 1.17 bits per heavy atom. The van der Waals surface area contributed by atoms with Crippen molar-refractivity contribution in [3.63, 3.8) is 0 Å². The fourth-order valence-corrected chi connectivity index (χ4v) is 2.95.